The Morgan fingerprint density at radius 3 is 1.70 bits per heavy atom. The first-order chi connectivity index (χ1) is 19.9. The van der Waals surface area contributed by atoms with E-state index in [9.17, 15) is 9.59 Å². The summed E-state index contributed by atoms with van der Waals surface area (Å²) in [6.07, 6.45) is 14.2. The number of amides is 2. The van der Waals surface area contributed by atoms with Crippen LogP contribution < -0.4 is 16.0 Å². The fourth-order valence-electron chi connectivity index (χ4n) is 8.66. The number of nitrogens with one attached hydrogen (secondary N) is 3. The number of hydrogen-bond acceptors (Lipinski definition) is 5. The molecule has 3 N–H and O–H groups in total. The topological polar surface area (TPSA) is 76.7 Å². The molecule has 0 radical (unpaired) electrons. The predicted molar refractivity (Wildman–Crippen MR) is 182 cm³/mol. The van der Waals surface area contributed by atoms with Crippen LogP contribution in [0.25, 0.3) is 0 Å². The van der Waals surface area contributed by atoms with Gasteiger partial charge in [0.2, 0.25) is 12.3 Å². The Bertz CT molecular complexity index is 832. The van der Waals surface area contributed by atoms with Crippen molar-refractivity contribution in [3.8, 4) is 0 Å². The summed E-state index contributed by atoms with van der Waals surface area (Å²) in [7, 11) is 0. The molecule has 0 bridgehead atoms. The summed E-state index contributed by atoms with van der Waals surface area (Å²) in [5.74, 6) is 0.312. The summed E-state index contributed by atoms with van der Waals surface area (Å²) in [5.41, 5.74) is 0.495. The van der Waals surface area contributed by atoms with Gasteiger partial charge >= 0.3 is 0 Å². The molecule has 43 heavy (non-hydrogen) atoms. The maximum absolute atomic E-state index is 13.7. The molecule has 2 fully saturated rings. The van der Waals surface area contributed by atoms with Crippen LogP contribution in [0.4, 0.5) is 0 Å². The molecule has 0 aliphatic carbocycles. The highest BCUT2D eigenvalue weighted by molar-refractivity contribution is 5.76. The van der Waals surface area contributed by atoms with Crippen LogP contribution in [-0.2, 0) is 9.59 Å². The van der Waals surface area contributed by atoms with Crippen molar-refractivity contribution in [2.45, 2.75) is 199 Å². The van der Waals surface area contributed by atoms with Gasteiger partial charge in [0.05, 0.1) is 0 Å². The molecule has 0 saturated carbocycles. The summed E-state index contributed by atoms with van der Waals surface area (Å²) >= 11 is 0. The summed E-state index contributed by atoms with van der Waals surface area (Å²) in [6, 6.07) is 0.852. The highest BCUT2D eigenvalue weighted by atomic mass is 16.2. The van der Waals surface area contributed by atoms with E-state index >= 15 is 0 Å². The van der Waals surface area contributed by atoms with Gasteiger partial charge in [-0.1, -0.05) is 26.7 Å². The second-order valence-electron chi connectivity index (χ2n) is 16.8. The SMILES string of the molecule is CCC(C)(CC)N(CCCCCN(C(=O)CCCCCNC=O)C1CC(C)(C)NC(C)(C)C1)C1CC(C)(C)NC(C)(C)C1. The van der Waals surface area contributed by atoms with E-state index in [1.165, 1.54) is 32.1 Å². The second kappa shape index (κ2) is 15.9. The first kappa shape index (κ1) is 38.0. The van der Waals surface area contributed by atoms with Crippen LogP contribution in [-0.4, -0.2) is 81.5 Å². The molecule has 0 aromatic carbocycles. The van der Waals surface area contributed by atoms with E-state index in [1.807, 2.05) is 0 Å². The van der Waals surface area contributed by atoms with E-state index in [0.717, 1.165) is 64.4 Å². The lowest BCUT2D eigenvalue weighted by Crippen LogP contribution is -2.65. The molecule has 2 aliphatic rings. The van der Waals surface area contributed by atoms with Gasteiger partial charge in [-0.3, -0.25) is 14.5 Å². The summed E-state index contributed by atoms with van der Waals surface area (Å²) in [4.78, 5) is 29.3. The van der Waals surface area contributed by atoms with E-state index in [0.29, 0.717) is 24.9 Å². The first-order valence-electron chi connectivity index (χ1n) is 17.7. The average Bonchev–Trinajstić information content (AvgIpc) is 2.86. The number of hydrogen-bond donors (Lipinski definition) is 3. The van der Waals surface area contributed by atoms with Gasteiger partial charge in [-0.05, 0) is 133 Å². The van der Waals surface area contributed by atoms with E-state index in [1.54, 1.807) is 0 Å². The van der Waals surface area contributed by atoms with Crippen molar-refractivity contribution >= 4 is 12.3 Å². The fourth-order valence-corrected chi connectivity index (χ4v) is 8.66. The molecule has 2 saturated heterocycles. The highest BCUT2D eigenvalue weighted by Gasteiger charge is 2.44. The zero-order valence-corrected chi connectivity index (χ0v) is 30.3. The molecule has 2 amide bonds. The lowest BCUT2D eigenvalue weighted by atomic mass is 9.77. The molecule has 7 nitrogen and oxygen atoms in total. The Morgan fingerprint density at radius 1 is 0.744 bits per heavy atom. The Kier molecular flexibility index (Phi) is 14.0. The number of piperidine rings is 2. The van der Waals surface area contributed by atoms with Gasteiger partial charge in [-0.15, -0.1) is 0 Å². The lowest BCUT2D eigenvalue weighted by Gasteiger charge is -2.54. The van der Waals surface area contributed by atoms with Crippen LogP contribution in [0.2, 0.25) is 0 Å². The molecule has 0 aromatic rings. The van der Waals surface area contributed by atoms with E-state index in [4.69, 9.17) is 0 Å². The number of unbranched alkanes of at least 4 members (excludes halogenated alkanes) is 4. The largest absolute Gasteiger partial charge is 0.359 e. The minimum Gasteiger partial charge on any atom is -0.359 e. The second-order valence-corrected chi connectivity index (χ2v) is 16.8. The van der Waals surface area contributed by atoms with Crippen molar-refractivity contribution < 1.29 is 9.59 Å². The molecule has 2 aliphatic heterocycles. The summed E-state index contributed by atoms with van der Waals surface area (Å²) in [6.45, 7) is 28.4. The van der Waals surface area contributed by atoms with Gasteiger partial charge in [0.25, 0.3) is 0 Å². The molecular formula is C36H71N5O2. The smallest absolute Gasteiger partial charge is 0.222 e. The number of carbonyl (C=O) groups excluding carboxylic acids is 2. The maximum atomic E-state index is 13.7. The van der Waals surface area contributed by atoms with Crippen molar-refractivity contribution in [3.63, 3.8) is 0 Å². The molecule has 2 rings (SSSR count). The Labute approximate surface area is 266 Å². The molecule has 2 heterocycles. The van der Waals surface area contributed by atoms with Crippen molar-refractivity contribution in [3.05, 3.63) is 0 Å². The molecule has 252 valence electrons. The molecule has 0 unspecified atom stereocenters. The molecular weight excluding hydrogens is 534 g/mol. The monoisotopic (exact) mass is 606 g/mol. The number of carbonyl (C=O) groups is 2. The van der Waals surface area contributed by atoms with Crippen LogP contribution in [0.1, 0.15) is 160 Å². The maximum Gasteiger partial charge on any atom is 0.222 e. The van der Waals surface area contributed by atoms with Gasteiger partial charge in [0.15, 0.2) is 0 Å². The van der Waals surface area contributed by atoms with E-state index in [-0.39, 0.29) is 33.7 Å². The van der Waals surface area contributed by atoms with Crippen molar-refractivity contribution in [2.75, 3.05) is 19.6 Å². The predicted octanol–water partition coefficient (Wildman–Crippen LogP) is 6.79. The van der Waals surface area contributed by atoms with Crippen LogP contribution in [0, 0.1) is 0 Å². The third kappa shape index (κ3) is 12.3. The van der Waals surface area contributed by atoms with E-state index in [2.05, 4.69) is 102 Å². The molecule has 0 spiro atoms. The zero-order chi connectivity index (χ0) is 32.5. The third-order valence-electron chi connectivity index (χ3n) is 10.3. The van der Waals surface area contributed by atoms with Crippen LogP contribution in [0.15, 0.2) is 0 Å². The van der Waals surface area contributed by atoms with Crippen LogP contribution in [0.3, 0.4) is 0 Å². The molecule has 0 atom stereocenters. The minimum atomic E-state index is 0.00706. The Morgan fingerprint density at radius 2 is 1.21 bits per heavy atom. The minimum absolute atomic E-state index is 0.00706. The number of rotatable bonds is 18. The summed E-state index contributed by atoms with van der Waals surface area (Å²) < 4.78 is 0. The fraction of sp³-hybridized carbons (Fsp3) is 0.944. The van der Waals surface area contributed by atoms with Crippen LogP contribution >= 0.6 is 0 Å². The van der Waals surface area contributed by atoms with Crippen molar-refractivity contribution in [1.82, 2.24) is 25.8 Å². The quantitative estimate of drug-likeness (QED) is 0.118. The highest BCUT2D eigenvalue weighted by Crippen LogP contribution is 2.37. The zero-order valence-electron chi connectivity index (χ0n) is 30.3. The lowest BCUT2D eigenvalue weighted by molar-refractivity contribution is -0.135. The summed E-state index contributed by atoms with van der Waals surface area (Å²) in [5, 5.41) is 10.4. The first-order valence-corrected chi connectivity index (χ1v) is 17.7. The van der Waals surface area contributed by atoms with Gasteiger partial charge in [-0.2, -0.15) is 0 Å². The molecule has 7 heteroatoms. The van der Waals surface area contributed by atoms with Gasteiger partial charge in [0.1, 0.15) is 0 Å². The van der Waals surface area contributed by atoms with Gasteiger partial charge in [0, 0.05) is 59.3 Å². The van der Waals surface area contributed by atoms with Gasteiger partial charge in [-0.25, -0.2) is 0 Å². The van der Waals surface area contributed by atoms with Crippen LogP contribution in [0.5, 0.6) is 0 Å². The third-order valence-corrected chi connectivity index (χ3v) is 10.3. The standard InChI is InChI=1S/C36H71N5O2/c1-12-36(11,13-2)41(30-26-34(7,8)39-35(9,10)27-30)23-19-15-18-22-40(31(43)20-16-14-17-21-37-28-42)29-24-32(3,4)38-33(5,6)25-29/h28-30,38-39H,12-27H2,1-11H3,(H,37,42). The van der Waals surface area contributed by atoms with Crippen molar-refractivity contribution in [2.24, 2.45) is 0 Å². The Balaban J connectivity index is 2.07. The van der Waals surface area contributed by atoms with Crippen molar-refractivity contribution in [1.29, 1.82) is 0 Å². The average molecular weight is 606 g/mol. The Hall–Kier alpha value is -1.18. The molecule has 0 aromatic heterocycles. The van der Waals surface area contributed by atoms with Gasteiger partial charge < -0.3 is 20.9 Å². The van der Waals surface area contributed by atoms with E-state index < -0.39 is 0 Å². The normalized spacial score (nSPS) is 22.0. The number of nitrogens with zero attached hydrogens (tertiary/aromatic N) is 2.